The molecule has 0 unspecified atom stereocenters. The van der Waals surface area contributed by atoms with Crippen molar-refractivity contribution in [2.75, 3.05) is 24.2 Å². The lowest BCUT2D eigenvalue weighted by Gasteiger charge is -2.19. The SMILES string of the molecule is CN(CCC(F)(F)F)c1sc(C#N)c(N)c1C(N)=O. The van der Waals surface area contributed by atoms with Crippen LogP contribution in [-0.4, -0.2) is 25.7 Å². The second-order valence-corrected chi connectivity index (χ2v) is 4.79. The fourth-order valence-corrected chi connectivity index (χ4v) is 2.43. The van der Waals surface area contributed by atoms with Crippen LogP contribution in [0, 0.1) is 11.3 Å². The van der Waals surface area contributed by atoms with E-state index in [9.17, 15) is 18.0 Å². The molecule has 4 N–H and O–H groups in total. The van der Waals surface area contributed by atoms with Crippen LogP contribution in [0.4, 0.5) is 23.9 Å². The van der Waals surface area contributed by atoms with Crippen LogP contribution < -0.4 is 16.4 Å². The van der Waals surface area contributed by atoms with Crippen molar-refractivity contribution in [1.82, 2.24) is 0 Å². The molecule has 0 atom stereocenters. The lowest BCUT2D eigenvalue weighted by atomic mass is 10.2. The van der Waals surface area contributed by atoms with Gasteiger partial charge >= 0.3 is 6.18 Å². The highest BCUT2D eigenvalue weighted by molar-refractivity contribution is 7.17. The predicted molar refractivity (Wildman–Crippen MR) is 65.9 cm³/mol. The first-order chi connectivity index (χ1) is 8.67. The molecule has 0 aliphatic carbocycles. The normalized spacial score (nSPS) is 11.1. The number of alkyl halides is 3. The Bertz CT molecular complexity index is 532. The number of nitrogens with zero attached hydrogens (tertiary/aromatic N) is 2. The maximum absolute atomic E-state index is 12.1. The molecular formula is C10H11F3N4OS. The molecule has 0 aliphatic heterocycles. The standard InChI is InChI=1S/C10H11F3N4OS/c1-17(3-2-10(11,12)13)9-6(8(16)18)7(15)5(4-14)19-9/h2-3,15H2,1H3,(H2,16,18). The number of thiophene rings is 1. The third kappa shape index (κ3) is 3.51. The van der Waals surface area contributed by atoms with Gasteiger partial charge in [0, 0.05) is 13.6 Å². The lowest BCUT2D eigenvalue weighted by Crippen LogP contribution is -2.25. The fraction of sp³-hybridized carbons (Fsp3) is 0.400. The van der Waals surface area contributed by atoms with Crippen molar-refractivity contribution >= 4 is 27.9 Å². The van der Waals surface area contributed by atoms with Gasteiger partial charge in [-0.15, -0.1) is 11.3 Å². The van der Waals surface area contributed by atoms with E-state index in [0.29, 0.717) is 0 Å². The number of primary amides is 1. The third-order valence-corrected chi connectivity index (χ3v) is 3.58. The minimum atomic E-state index is -4.30. The predicted octanol–water partition coefficient (Wildman–Crippen LogP) is 1.69. The average Bonchev–Trinajstić information content (AvgIpc) is 2.62. The number of carbonyl (C=O) groups excluding carboxylic acids is 1. The second-order valence-electron chi connectivity index (χ2n) is 3.79. The first-order valence-corrected chi connectivity index (χ1v) is 5.89. The topological polar surface area (TPSA) is 96.1 Å². The van der Waals surface area contributed by atoms with Crippen LogP contribution in [0.5, 0.6) is 0 Å². The van der Waals surface area contributed by atoms with Crippen molar-refractivity contribution in [3.8, 4) is 6.07 Å². The van der Waals surface area contributed by atoms with Gasteiger partial charge in [-0.3, -0.25) is 4.79 Å². The second kappa shape index (κ2) is 5.36. The molecule has 9 heteroatoms. The molecule has 0 aliphatic rings. The highest BCUT2D eigenvalue weighted by Gasteiger charge is 2.29. The summed E-state index contributed by atoms with van der Waals surface area (Å²) in [5.74, 6) is -0.871. The molecule has 1 rings (SSSR count). The Hall–Kier alpha value is -1.95. The van der Waals surface area contributed by atoms with Gasteiger partial charge in [-0.2, -0.15) is 18.4 Å². The van der Waals surface area contributed by atoms with Gasteiger partial charge in [-0.05, 0) is 0 Å². The first-order valence-electron chi connectivity index (χ1n) is 5.07. The summed E-state index contributed by atoms with van der Waals surface area (Å²) in [5.41, 5.74) is 10.5. The third-order valence-electron chi connectivity index (χ3n) is 2.35. The van der Waals surface area contributed by atoms with Crippen LogP contribution in [0.15, 0.2) is 0 Å². The van der Waals surface area contributed by atoms with Crippen molar-refractivity contribution in [2.24, 2.45) is 5.73 Å². The number of rotatable bonds is 4. The van der Waals surface area contributed by atoms with Gasteiger partial charge in [0.15, 0.2) is 0 Å². The molecule has 0 fully saturated rings. The molecule has 0 spiro atoms. The van der Waals surface area contributed by atoms with Crippen molar-refractivity contribution in [3.05, 3.63) is 10.4 Å². The number of nitriles is 1. The summed E-state index contributed by atoms with van der Waals surface area (Å²) in [6.07, 6.45) is -5.34. The Morgan fingerprint density at radius 1 is 1.53 bits per heavy atom. The molecular weight excluding hydrogens is 281 g/mol. The molecule has 0 aromatic carbocycles. The van der Waals surface area contributed by atoms with Gasteiger partial charge in [0.05, 0.1) is 17.7 Å². The Kier molecular flexibility index (Phi) is 4.26. The Morgan fingerprint density at radius 3 is 2.53 bits per heavy atom. The quantitative estimate of drug-likeness (QED) is 0.882. The number of nitrogen functional groups attached to an aromatic ring is 1. The minimum absolute atomic E-state index is 0.0580. The maximum atomic E-state index is 12.1. The van der Waals surface area contributed by atoms with Crippen molar-refractivity contribution in [2.45, 2.75) is 12.6 Å². The van der Waals surface area contributed by atoms with E-state index < -0.39 is 18.5 Å². The van der Waals surface area contributed by atoms with E-state index in [1.165, 1.54) is 11.9 Å². The Labute approximate surface area is 111 Å². The summed E-state index contributed by atoms with van der Waals surface area (Å²) >= 11 is 0.845. The van der Waals surface area contributed by atoms with Crippen molar-refractivity contribution < 1.29 is 18.0 Å². The zero-order valence-corrected chi connectivity index (χ0v) is 10.7. The monoisotopic (exact) mass is 292 g/mol. The molecule has 19 heavy (non-hydrogen) atoms. The summed E-state index contributed by atoms with van der Waals surface area (Å²) in [7, 11) is 1.38. The number of nitrogens with two attached hydrogens (primary N) is 2. The highest BCUT2D eigenvalue weighted by atomic mass is 32.1. The van der Waals surface area contributed by atoms with Crippen LogP contribution in [0.3, 0.4) is 0 Å². The van der Waals surface area contributed by atoms with E-state index in [1.807, 2.05) is 0 Å². The number of halogens is 3. The minimum Gasteiger partial charge on any atom is -0.396 e. The number of anilines is 2. The highest BCUT2D eigenvalue weighted by Crippen LogP contribution is 2.37. The van der Waals surface area contributed by atoms with E-state index in [0.717, 1.165) is 11.3 Å². The molecule has 104 valence electrons. The zero-order valence-electron chi connectivity index (χ0n) is 9.91. The van der Waals surface area contributed by atoms with Crippen molar-refractivity contribution in [1.29, 1.82) is 5.26 Å². The molecule has 5 nitrogen and oxygen atoms in total. The smallest absolute Gasteiger partial charge is 0.390 e. The van der Waals surface area contributed by atoms with E-state index in [4.69, 9.17) is 16.7 Å². The van der Waals surface area contributed by atoms with E-state index in [-0.39, 0.29) is 27.7 Å². The Balaban J connectivity index is 3.06. The number of hydrogen-bond donors (Lipinski definition) is 2. The molecule has 0 saturated heterocycles. The summed E-state index contributed by atoms with van der Waals surface area (Å²) in [4.78, 5) is 12.5. The lowest BCUT2D eigenvalue weighted by molar-refractivity contribution is -0.132. The number of carbonyl (C=O) groups is 1. The van der Waals surface area contributed by atoms with Gasteiger partial charge in [0.2, 0.25) is 0 Å². The summed E-state index contributed by atoms with van der Waals surface area (Å²) < 4.78 is 36.4. The average molecular weight is 292 g/mol. The van der Waals surface area contributed by atoms with E-state index in [1.54, 1.807) is 6.07 Å². The van der Waals surface area contributed by atoms with Gasteiger partial charge in [-0.1, -0.05) is 0 Å². The molecule has 0 bridgehead atoms. The largest absolute Gasteiger partial charge is 0.396 e. The fourth-order valence-electron chi connectivity index (χ4n) is 1.42. The van der Waals surface area contributed by atoms with Crippen LogP contribution >= 0.6 is 11.3 Å². The first kappa shape index (κ1) is 15.1. The van der Waals surface area contributed by atoms with E-state index >= 15 is 0 Å². The van der Waals surface area contributed by atoms with Gasteiger partial charge in [-0.25, -0.2) is 0 Å². The molecule has 0 saturated carbocycles. The molecule has 1 heterocycles. The van der Waals surface area contributed by atoms with Crippen LogP contribution in [-0.2, 0) is 0 Å². The Morgan fingerprint density at radius 2 is 2.11 bits per heavy atom. The van der Waals surface area contributed by atoms with Gasteiger partial charge in [0.1, 0.15) is 15.9 Å². The number of amides is 1. The van der Waals surface area contributed by atoms with Crippen molar-refractivity contribution in [3.63, 3.8) is 0 Å². The molecule has 0 radical (unpaired) electrons. The van der Waals surface area contributed by atoms with E-state index in [2.05, 4.69) is 0 Å². The number of hydrogen-bond acceptors (Lipinski definition) is 5. The maximum Gasteiger partial charge on any atom is 0.390 e. The summed E-state index contributed by atoms with van der Waals surface area (Å²) in [6, 6.07) is 1.77. The molecule has 1 amide bonds. The molecule has 1 aromatic heterocycles. The van der Waals surface area contributed by atoms with Crippen LogP contribution in [0.2, 0.25) is 0 Å². The summed E-state index contributed by atoms with van der Waals surface area (Å²) in [5, 5.41) is 8.98. The van der Waals surface area contributed by atoms with Gasteiger partial charge in [0.25, 0.3) is 5.91 Å². The molecule has 1 aromatic rings. The van der Waals surface area contributed by atoms with Crippen LogP contribution in [0.1, 0.15) is 21.7 Å². The van der Waals surface area contributed by atoms with Gasteiger partial charge < -0.3 is 16.4 Å². The van der Waals surface area contributed by atoms with Crippen LogP contribution in [0.25, 0.3) is 0 Å². The summed E-state index contributed by atoms with van der Waals surface area (Å²) in [6.45, 7) is -0.353. The zero-order chi connectivity index (χ0) is 14.8.